The summed E-state index contributed by atoms with van der Waals surface area (Å²) in [5, 5.41) is 10.7. The van der Waals surface area contributed by atoms with E-state index in [1.165, 1.54) is 0 Å². The number of hydrogen-bond acceptors (Lipinski definition) is 3. The number of halogens is 1. The highest BCUT2D eigenvalue weighted by Gasteiger charge is 2.24. The summed E-state index contributed by atoms with van der Waals surface area (Å²) in [6.45, 7) is 0. The van der Waals surface area contributed by atoms with Crippen LogP contribution in [0.5, 0.6) is 5.75 Å². The largest absolute Gasteiger partial charge is 0.497 e. The van der Waals surface area contributed by atoms with E-state index in [1.807, 2.05) is 36.4 Å². The third-order valence-electron chi connectivity index (χ3n) is 4.05. The first-order valence-corrected chi connectivity index (χ1v) is 8.04. The fourth-order valence-electron chi connectivity index (χ4n) is 2.79. The normalized spacial score (nSPS) is 14.5. The lowest BCUT2D eigenvalue weighted by molar-refractivity contribution is -0.110. The number of methoxy groups -OCH3 is 1. The van der Waals surface area contributed by atoms with Crippen LogP contribution in [0, 0.1) is 0 Å². The molecule has 0 radical (unpaired) electrons. The molecule has 1 aliphatic rings. The Morgan fingerprint density at radius 1 is 1.12 bits per heavy atom. The van der Waals surface area contributed by atoms with E-state index in [-0.39, 0.29) is 5.91 Å². The molecule has 1 aromatic heterocycles. The van der Waals surface area contributed by atoms with Gasteiger partial charge in [-0.1, -0.05) is 17.7 Å². The number of amides is 1. The van der Waals surface area contributed by atoms with Gasteiger partial charge in [-0.05, 0) is 48.5 Å². The van der Waals surface area contributed by atoms with Crippen LogP contribution in [0.4, 0.5) is 5.69 Å². The Hall–Kier alpha value is -3.05. The van der Waals surface area contributed by atoms with E-state index in [0.29, 0.717) is 10.6 Å². The van der Waals surface area contributed by atoms with Crippen molar-refractivity contribution in [1.82, 2.24) is 10.2 Å². The number of anilines is 1. The van der Waals surface area contributed by atoms with Crippen LogP contribution in [-0.4, -0.2) is 23.2 Å². The molecule has 5 nitrogen and oxygen atoms in total. The van der Waals surface area contributed by atoms with Crippen molar-refractivity contribution in [3.8, 4) is 17.0 Å². The summed E-state index contributed by atoms with van der Waals surface area (Å²) in [6, 6.07) is 14.9. The molecule has 6 heteroatoms. The van der Waals surface area contributed by atoms with E-state index in [4.69, 9.17) is 16.3 Å². The number of benzene rings is 2. The standard InChI is InChI=1S/C19H14ClN3O2/c1-25-14-5-2-11(3-6-14)17-10-13(22-23-17)9-16-15-7-4-12(20)8-18(15)21-19(16)24/h2-10H,1H3,(H,21,24)(H,22,23)/b16-9-. The minimum Gasteiger partial charge on any atom is -0.497 e. The molecule has 0 bridgehead atoms. The van der Waals surface area contributed by atoms with Gasteiger partial charge in [-0.25, -0.2) is 0 Å². The predicted octanol–water partition coefficient (Wildman–Crippen LogP) is 4.23. The van der Waals surface area contributed by atoms with E-state index in [1.54, 1.807) is 25.3 Å². The van der Waals surface area contributed by atoms with Crippen LogP contribution in [0.3, 0.4) is 0 Å². The van der Waals surface area contributed by atoms with Gasteiger partial charge >= 0.3 is 0 Å². The fraction of sp³-hybridized carbons (Fsp3) is 0.0526. The minimum atomic E-state index is -0.155. The summed E-state index contributed by atoms with van der Waals surface area (Å²) in [6.07, 6.45) is 1.79. The zero-order chi connectivity index (χ0) is 17.4. The quantitative estimate of drug-likeness (QED) is 0.694. The smallest absolute Gasteiger partial charge is 0.256 e. The van der Waals surface area contributed by atoms with Crippen molar-refractivity contribution >= 4 is 34.8 Å². The zero-order valence-corrected chi connectivity index (χ0v) is 14.1. The Bertz CT molecular complexity index is 990. The summed E-state index contributed by atoms with van der Waals surface area (Å²) >= 11 is 5.98. The lowest BCUT2D eigenvalue weighted by Gasteiger charge is -2.00. The highest BCUT2D eigenvalue weighted by Crippen LogP contribution is 2.35. The molecule has 2 aromatic carbocycles. The average molecular weight is 352 g/mol. The van der Waals surface area contributed by atoms with Gasteiger partial charge in [0.1, 0.15) is 5.75 Å². The van der Waals surface area contributed by atoms with Crippen LogP contribution in [-0.2, 0) is 4.79 Å². The lowest BCUT2D eigenvalue weighted by atomic mass is 10.1. The molecular weight excluding hydrogens is 338 g/mol. The van der Waals surface area contributed by atoms with Gasteiger partial charge in [0.05, 0.1) is 29.8 Å². The van der Waals surface area contributed by atoms with Gasteiger partial charge in [0.25, 0.3) is 5.91 Å². The van der Waals surface area contributed by atoms with Gasteiger partial charge in [-0.15, -0.1) is 0 Å². The molecule has 1 amide bonds. The van der Waals surface area contributed by atoms with Gasteiger partial charge < -0.3 is 10.1 Å². The maximum absolute atomic E-state index is 12.2. The number of aromatic amines is 1. The topological polar surface area (TPSA) is 67.0 Å². The van der Waals surface area contributed by atoms with Crippen molar-refractivity contribution in [2.45, 2.75) is 0 Å². The van der Waals surface area contributed by atoms with Gasteiger partial charge in [0.2, 0.25) is 0 Å². The van der Waals surface area contributed by atoms with Crippen molar-refractivity contribution in [3.05, 3.63) is 64.8 Å². The molecule has 2 heterocycles. The van der Waals surface area contributed by atoms with Gasteiger partial charge in [0, 0.05) is 16.1 Å². The average Bonchev–Trinajstić information content (AvgIpc) is 3.20. The Morgan fingerprint density at radius 3 is 2.68 bits per heavy atom. The molecule has 25 heavy (non-hydrogen) atoms. The molecule has 0 aliphatic carbocycles. The fourth-order valence-corrected chi connectivity index (χ4v) is 2.96. The first kappa shape index (κ1) is 15.5. The highest BCUT2D eigenvalue weighted by atomic mass is 35.5. The molecule has 124 valence electrons. The molecule has 4 rings (SSSR count). The predicted molar refractivity (Wildman–Crippen MR) is 98.5 cm³/mol. The van der Waals surface area contributed by atoms with Crippen LogP contribution in [0.2, 0.25) is 5.02 Å². The second kappa shape index (κ2) is 6.11. The number of nitrogens with one attached hydrogen (secondary N) is 2. The maximum atomic E-state index is 12.2. The summed E-state index contributed by atoms with van der Waals surface area (Å²) in [5.41, 5.74) is 4.64. The SMILES string of the molecule is COc1ccc(-c2cc(/C=C3\C(=O)Nc4cc(Cl)ccc43)[nH]n2)cc1. The number of carbonyl (C=O) groups excluding carboxylic acids is 1. The van der Waals surface area contributed by atoms with E-state index in [2.05, 4.69) is 15.5 Å². The molecule has 0 atom stereocenters. The summed E-state index contributed by atoms with van der Waals surface area (Å²) in [5.74, 6) is 0.636. The summed E-state index contributed by atoms with van der Waals surface area (Å²) in [4.78, 5) is 12.2. The van der Waals surface area contributed by atoms with Crippen LogP contribution in [0.15, 0.2) is 48.5 Å². The highest BCUT2D eigenvalue weighted by molar-refractivity contribution is 6.36. The van der Waals surface area contributed by atoms with E-state index < -0.39 is 0 Å². The second-order valence-corrected chi connectivity index (χ2v) is 6.08. The minimum absolute atomic E-state index is 0.155. The molecule has 2 N–H and O–H groups in total. The molecule has 0 fully saturated rings. The summed E-state index contributed by atoms with van der Waals surface area (Å²) in [7, 11) is 1.63. The Morgan fingerprint density at radius 2 is 1.92 bits per heavy atom. The van der Waals surface area contributed by atoms with Crippen molar-refractivity contribution in [3.63, 3.8) is 0 Å². The van der Waals surface area contributed by atoms with Gasteiger partial charge in [0.15, 0.2) is 0 Å². The van der Waals surface area contributed by atoms with Gasteiger partial charge in [-0.2, -0.15) is 5.10 Å². The number of hydrogen-bond donors (Lipinski definition) is 2. The third-order valence-corrected chi connectivity index (χ3v) is 4.28. The van der Waals surface area contributed by atoms with Crippen LogP contribution in [0.25, 0.3) is 22.9 Å². The second-order valence-electron chi connectivity index (χ2n) is 5.64. The molecule has 3 aromatic rings. The number of ether oxygens (including phenoxy) is 1. The molecule has 0 saturated heterocycles. The Kier molecular flexibility index (Phi) is 3.78. The molecule has 0 unspecified atom stereocenters. The molecule has 1 aliphatic heterocycles. The van der Waals surface area contributed by atoms with Crippen LogP contribution in [0.1, 0.15) is 11.3 Å². The molecule has 0 spiro atoms. The van der Waals surface area contributed by atoms with Crippen LogP contribution >= 0.6 is 11.6 Å². The van der Waals surface area contributed by atoms with Gasteiger partial charge in [-0.3, -0.25) is 9.89 Å². The summed E-state index contributed by atoms with van der Waals surface area (Å²) < 4.78 is 5.16. The van der Waals surface area contributed by atoms with E-state index >= 15 is 0 Å². The van der Waals surface area contributed by atoms with E-state index in [0.717, 1.165) is 34.0 Å². The number of carbonyl (C=O) groups is 1. The maximum Gasteiger partial charge on any atom is 0.256 e. The number of rotatable bonds is 3. The van der Waals surface area contributed by atoms with Crippen molar-refractivity contribution in [2.75, 3.05) is 12.4 Å². The molecule has 0 saturated carbocycles. The van der Waals surface area contributed by atoms with Crippen LogP contribution < -0.4 is 10.1 Å². The Labute approximate surface area is 149 Å². The first-order chi connectivity index (χ1) is 12.1. The molecular formula is C19H14ClN3O2. The number of nitrogens with zero attached hydrogens (tertiary/aromatic N) is 1. The first-order valence-electron chi connectivity index (χ1n) is 7.67. The number of aromatic nitrogens is 2. The Balaban J connectivity index is 1.67. The van der Waals surface area contributed by atoms with Crippen molar-refractivity contribution < 1.29 is 9.53 Å². The third kappa shape index (κ3) is 2.90. The lowest BCUT2D eigenvalue weighted by Crippen LogP contribution is -2.03. The van der Waals surface area contributed by atoms with E-state index in [9.17, 15) is 4.79 Å². The van der Waals surface area contributed by atoms with Crippen molar-refractivity contribution in [2.24, 2.45) is 0 Å². The monoisotopic (exact) mass is 351 g/mol. The zero-order valence-electron chi connectivity index (χ0n) is 13.3. The number of fused-ring (bicyclic) bond motifs is 1. The van der Waals surface area contributed by atoms with Crippen molar-refractivity contribution in [1.29, 1.82) is 0 Å². The number of H-pyrrole nitrogens is 1.